The number of imide groups is 1. The van der Waals surface area contributed by atoms with Gasteiger partial charge in [-0.2, -0.15) is 0 Å². The molecule has 0 aliphatic carbocycles. The van der Waals surface area contributed by atoms with Crippen molar-refractivity contribution in [2.75, 3.05) is 17.1 Å². The van der Waals surface area contributed by atoms with E-state index in [1.165, 1.54) is 4.90 Å². The Morgan fingerprint density at radius 2 is 1.53 bits per heavy atom. The summed E-state index contributed by atoms with van der Waals surface area (Å²) >= 11 is 0. The van der Waals surface area contributed by atoms with Crippen LogP contribution in [0.3, 0.4) is 0 Å². The predicted octanol–water partition coefficient (Wildman–Crippen LogP) is 4.90. The molecule has 0 radical (unpaired) electrons. The van der Waals surface area contributed by atoms with Crippen LogP contribution in [0.25, 0.3) is 10.8 Å². The van der Waals surface area contributed by atoms with Crippen molar-refractivity contribution < 1.29 is 19.2 Å². The minimum Gasteiger partial charge on any atom is -0.497 e. The van der Waals surface area contributed by atoms with Gasteiger partial charge >= 0.3 is 0 Å². The van der Waals surface area contributed by atoms with Crippen LogP contribution in [0.15, 0.2) is 97.1 Å². The van der Waals surface area contributed by atoms with Crippen LogP contribution in [0.2, 0.25) is 0 Å². The molecule has 2 heterocycles. The number of methoxy groups -OCH3 is 1. The highest BCUT2D eigenvalue weighted by atomic mass is 16.7. The smallest absolute Gasteiger partial charge is 0.266 e. The van der Waals surface area contributed by atoms with Crippen LogP contribution in [0.4, 0.5) is 11.4 Å². The minimum absolute atomic E-state index is 0.266. The van der Waals surface area contributed by atoms with Crippen molar-refractivity contribution in [3.05, 3.63) is 103 Å². The van der Waals surface area contributed by atoms with Gasteiger partial charge in [0, 0.05) is 5.39 Å². The van der Waals surface area contributed by atoms with Gasteiger partial charge in [0.25, 0.3) is 5.91 Å². The number of carbonyl (C=O) groups excluding carboxylic acids is 2. The number of hydroxylamine groups is 1. The van der Waals surface area contributed by atoms with E-state index >= 15 is 0 Å². The van der Waals surface area contributed by atoms with E-state index in [1.54, 1.807) is 12.2 Å². The molecule has 6 rings (SSSR count). The maximum atomic E-state index is 13.9. The number of para-hydroxylation sites is 1. The molecular weight excluding hydrogens is 428 g/mol. The van der Waals surface area contributed by atoms with Crippen LogP contribution < -0.4 is 14.7 Å². The van der Waals surface area contributed by atoms with Gasteiger partial charge in [0.2, 0.25) is 5.91 Å². The lowest BCUT2D eigenvalue weighted by Gasteiger charge is -2.29. The Hall–Kier alpha value is -4.16. The van der Waals surface area contributed by atoms with Crippen LogP contribution in [-0.4, -0.2) is 25.0 Å². The van der Waals surface area contributed by atoms with E-state index in [1.807, 2.05) is 97.1 Å². The molecule has 0 spiro atoms. The fraction of sp³-hybridized carbons (Fsp3) is 0.143. The van der Waals surface area contributed by atoms with Crippen molar-refractivity contribution in [2.24, 2.45) is 5.92 Å². The van der Waals surface area contributed by atoms with Crippen LogP contribution >= 0.6 is 0 Å². The largest absolute Gasteiger partial charge is 0.497 e. The predicted molar refractivity (Wildman–Crippen MR) is 129 cm³/mol. The fourth-order valence-electron chi connectivity index (χ4n) is 5.02. The quantitative estimate of drug-likeness (QED) is 0.414. The van der Waals surface area contributed by atoms with Gasteiger partial charge in [-0.05, 0) is 41.3 Å². The summed E-state index contributed by atoms with van der Waals surface area (Å²) in [5.74, 6) is -0.634. The third kappa shape index (κ3) is 3.07. The van der Waals surface area contributed by atoms with Gasteiger partial charge in [-0.1, -0.05) is 66.7 Å². The lowest BCUT2D eigenvalue weighted by molar-refractivity contribution is -0.126. The van der Waals surface area contributed by atoms with Gasteiger partial charge in [0.05, 0.1) is 24.5 Å². The van der Waals surface area contributed by atoms with E-state index in [-0.39, 0.29) is 11.8 Å². The van der Waals surface area contributed by atoms with Gasteiger partial charge in [-0.3, -0.25) is 14.4 Å². The second-order valence-electron chi connectivity index (χ2n) is 8.44. The Morgan fingerprint density at radius 3 is 2.35 bits per heavy atom. The van der Waals surface area contributed by atoms with Crippen molar-refractivity contribution in [1.82, 2.24) is 0 Å². The summed E-state index contributed by atoms with van der Waals surface area (Å²) in [4.78, 5) is 35.1. The second kappa shape index (κ2) is 8.01. The molecule has 0 N–H and O–H groups in total. The van der Waals surface area contributed by atoms with E-state index < -0.39 is 18.1 Å². The number of carbonyl (C=O) groups is 2. The Labute approximate surface area is 196 Å². The number of nitrogens with zero attached hydrogens (tertiary/aromatic N) is 2. The SMILES string of the molecule is COc1cccc([C@H]2[C@@H]3C(=O)N(c4cccc5ccccc45)C(=O)[C@H]3ON2c2ccccc2)c1. The molecule has 4 aromatic carbocycles. The molecule has 2 saturated heterocycles. The standard InChI is InChI=1S/C28H22N2O4/c1-33-21-14-7-11-19(17-21)25-24-26(34-30(25)20-12-3-2-4-13-20)28(32)29(27(24)31)23-16-8-10-18-9-5-6-15-22(18)23/h2-17,24-26H,1H3/t24-,25-,26-/m0/s1. The Morgan fingerprint density at radius 1 is 0.794 bits per heavy atom. The van der Waals surface area contributed by atoms with Gasteiger partial charge in [-0.15, -0.1) is 0 Å². The molecule has 0 saturated carbocycles. The third-order valence-electron chi connectivity index (χ3n) is 6.57. The first kappa shape index (κ1) is 20.4. The normalized spacial score (nSPS) is 21.9. The maximum absolute atomic E-state index is 13.9. The monoisotopic (exact) mass is 450 g/mol. The Balaban J connectivity index is 1.47. The zero-order valence-corrected chi connectivity index (χ0v) is 18.5. The molecule has 2 aliphatic rings. The zero-order chi connectivity index (χ0) is 23.2. The highest BCUT2D eigenvalue weighted by molar-refractivity contribution is 6.26. The van der Waals surface area contributed by atoms with E-state index in [9.17, 15) is 9.59 Å². The van der Waals surface area contributed by atoms with E-state index in [0.29, 0.717) is 11.4 Å². The molecule has 6 heteroatoms. The summed E-state index contributed by atoms with van der Waals surface area (Å²) in [5.41, 5.74) is 2.21. The van der Waals surface area contributed by atoms with Crippen molar-refractivity contribution >= 4 is 34.0 Å². The van der Waals surface area contributed by atoms with Crippen LogP contribution in [0, 0.1) is 5.92 Å². The van der Waals surface area contributed by atoms with Crippen LogP contribution in [0.1, 0.15) is 11.6 Å². The number of amides is 2. The lowest BCUT2D eigenvalue weighted by Crippen LogP contribution is -2.37. The van der Waals surface area contributed by atoms with E-state index in [4.69, 9.17) is 9.57 Å². The summed E-state index contributed by atoms with van der Waals surface area (Å²) in [6.45, 7) is 0. The molecule has 0 unspecified atom stereocenters. The molecule has 0 aromatic heterocycles. The molecule has 2 fully saturated rings. The summed E-state index contributed by atoms with van der Waals surface area (Å²) in [6, 6.07) is 30.0. The number of hydrogen-bond donors (Lipinski definition) is 0. The first-order valence-electron chi connectivity index (χ1n) is 11.2. The molecular formula is C28H22N2O4. The summed E-state index contributed by atoms with van der Waals surface area (Å²) in [7, 11) is 1.61. The van der Waals surface area contributed by atoms with E-state index in [2.05, 4.69) is 0 Å². The van der Waals surface area contributed by atoms with Crippen LogP contribution in [0.5, 0.6) is 5.75 Å². The Kier molecular flexibility index (Phi) is 4.81. The first-order valence-corrected chi connectivity index (χ1v) is 11.2. The highest BCUT2D eigenvalue weighted by Gasteiger charge is 2.60. The van der Waals surface area contributed by atoms with Crippen LogP contribution in [-0.2, 0) is 14.4 Å². The number of benzene rings is 4. The number of rotatable bonds is 4. The van der Waals surface area contributed by atoms with Crippen molar-refractivity contribution in [3.8, 4) is 5.75 Å². The Bertz CT molecular complexity index is 1400. The average molecular weight is 450 g/mol. The van der Waals surface area contributed by atoms with Crippen molar-refractivity contribution in [2.45, 2.75) is 12.1 Å². The van der Waals surface area contributed by atoms with Gasteiger partial charge in [0.1, 0.15) is 11.7 Å². The third-order valence-corrected chi connectivity index (χ3v) is 6.57. The average Bonchev–Trinajstić information content (AvgIpc) is 3.40. The maximum Gasteiger partial charge on any atom is 0.266 e. The lowest BCUT2D eigenvalue weighted by atomic mass is 9.90. The molecule has 34 heavy (non-hydrogen) atoms. The zero-order valence-electron chi connectivity index (χ0n) is 18.5. The summed E-state index contributed by atoms with van der Waals surface area (Å²) in [6.07, 6.45) is -0.914. The van der Waals surface area contributed by atoms with Gasteiger partial charge in [0.15, 0.2) is 6.10 Å². The van der Waals surface area contributed by atoms with Crippen molar-refractivity contribution in [3.63, 3.8) is 0 Å². The molecule has 2 amide bonds. The topological polar surface area (TPSA) is 59.1 Å². The number of hydrogen-bond acceptors (Lipinski definition) is 5. The first-order chi connectivity index (χ1) is 16.7. The highest BCUT2D eigenvalue weighted by Crippen LogP contribution is 2.48. The molecule has 2 aliphatic heterocycles. The van der Waals surface area contributed by atoms with Crippen molar-refractivity contribution in [1.29, 1.82) is 0 Å². The summed E-state index contributed by atoms with van der Waals surface area (Å²) < 4.78 is 5.43. The summed E-state index contributed by atoms with van der Waals surface area (Å²) in [5, 5.41) is 3.51. The number of fused-ring (bicyclic) bond motifs is 2. The molecule has 4 aromatic rings. The van der Waals surface area contributed by atoms with Gasteiger partial charge in [-0.25, -0.2) is 9.96 Å². The number of ether oxygens (including phenoxy) is 1. The minimum atomic E-state index is -0.914. The molecule has 168 valence electrons. The number of anilines is 2. The molecule has 3 atom stereocenters. The fourth-order valence-corrected chi connectivity index (χ4v) is 5.02. The molecule has 6 nitrogen and oxygen atoms in total. The molecule has 0 bridgehead atoms. The van der Waals surface area contributed by atoms with Gasteiger partial charge < -0.3 is 4.74 Å². The second-order valence-corrected chi connectivity index (χ2v) is 8.44. The van der Waals surface area contributed by atoms with E-state index in [0.717, 1.165) is 22.0 Å².